The van der Waals surface area contributed by atoms with Gasteiger partial charge in [0.05, 0.1) is 12.2 Å². The molecule has 0 spiro atoms. The van der Waals surface area contributed by atoms with Crippen molar-refractivity contribution in [3.63, 3.8) is 0 Å². The van der Waals surface area contributed by atoms with E-state index in [1.54, 1.807) is 0 Å². The maximum absolute atomic E-state index is 12.4. The molecule has 0 amide bonds. The second kappa shape index (κ2) is 6.48. The highest BCUT2D eigenvalue weighted by atomic mass is 19.4. The molecule has 1 aromatic carbocycles. The number of piperidine rings is 1. The summed E-state index contributed by atoms with van der Waals surface area (Å²) in [6, 6.07) is 5.41. The van der Waals surface area contributed by atoms with Crippen LogP contribution in [0.2, 0.25) is 0 Å². The summed E-state index contributed by atoms with van der Waals surface area (Å²) in [4.78, 5) is 2.33. The van der Waals surface area contributed by atoms with Crippen molar-refractivity contribution >= 4 is 0 Å². The van der Waals surface area contributed by atoms with E-state index in [1.807, 2.05) is 0 Å². The second-order valence-corrected chi connectivity index (χ2v) is 5.29. The molecule has 2 nitrogen and oxygen atoms in total. The smallest absolute Gasteiger partial charge is 0.416 e. The van der Waals surface area contributed by atoms with Crippen LogP contribution < -0.4 is 4.74 Å². The van der Waals surface area contributed by atoms with E-state index in [0.29, 0.717) is 18.4 Å². The lowest BCUT2D eigenvalue weighted by atomic mass is 10.0. The Morgan fingerprint density at radius 1 is 1.20 bits per heavy atom. The zero-order chi connectivity index (χ0) is 14.6. The lowest BCUT2D eigenvalue weighted by Gasteiger charge is -2.32. The Bertz CT molecular complexity index is 416. The molecule has 2 rings (SSSR count). The van der Waals surface area contributed by atoms with Gasteiger partial charge in [-0.2, -0.15) is 13.2 Å². The molecule has 1 fully saturated rings. The third-order valence-electron chi connectivity index (χ3n) is 3.82. The van der Waals surface area contributed by atoms with Crippen LogP contribution >= 0.6 is 0 Å². The highest BCUT2D eigenvalue weighted by Crippen LogP contribution is 2.30. The van der Waals surface area contributed by atoms with Gasteiger partial charge in [-0.25, -0.2) is 0 Å². The molecule has 0 aromatic heterocycles. The number of alkyl halides is 3. The van der Waals surface area contributed by atoms with Crippen molar-refractivity contribution in [1.82, 2.24) is 4.90 Å². The van der Waals surface area contributed by atoms with Gasteiger partial charge in [-0.1, -0.05) is 6.42 Å². The zero-order valence-corrected chi connectivity index (χ0v) is 11.6. The molecular weight excluding hydrogens is 267 g/mol. The molecule has 20 heavy (non-hydrogen) atoms. The van der Waals surface area contributed by atoms with Crippen LogP contribution in [0.5, 0.6) is 5.75 Å². The Morgan fingerprint density at radius 3 is 2.50 bits per heavy atom. The minimum Gasteiger partial charge on any atom is -0.494 e. The van der Waals surface area contributed by atoms with E-state index in [0.717, 1.165) is 25.1 Å². The fourth-order valence-corrected chi connectivity index (χ4v) is 2.56. The highest BCUT2D eigenvalue weighted by Gasteiger charge is 2.30. The van der Waals surface area contributed by atoms with E-state index in [2.05, 4.69) is 11.9 Å². The molecule has 1 aliphatic heterocycles. The minimum atomic E-state index is -4.29. The van der Waals surface area contributed by atoms with Gasteiger partial charge >= 0.3 is 6.18 Å². The number of halogens is 3. The molecule has 1 saturated heterocycles. The van der Waals surface area contributed by atoms with E-state index in [1.165, 1.54) is 31.4 Å². The van der Waals surface area contributed by atoms with Crippen LogP contribution in [0.3, 0.4) is 0 Å². The van der Waals surface area contributed by atoms with Crippen LogP contribution in [0.25, 0.3) is 0 Å². The van der Waals surface area contributed by atoms with Crippen molar-refractivity contribution in [2.45, 2.75) is 37.9 Å². The zero-order valence-electron chi connectivity index (χ0n) is 11.6. The van der Waals surface area contributed by atoms with Gasteiger partial charge in [0.2, 0.25) is 0 Å². The first-order chi connectivity index (χ1) is 9.47. The number of hydrogen-bond donors (Lipinski definition) is 0. The minimum absolute atomic E-state index is 0.497. The predicted octanol–water partition coefficient (Wildman–Crippen LogP) is 3.96. The van der Waals surface area contributed by atoms with Gasteiger partial charge < -0.3 is 9.64 Å². The Morgan fingerprint density at radius 2 is 1.90 bits per heavy atom. The molecule has 1 aliphatic rings. The number of nitrogens with zero attached hydrogens (tertiary/aromatic N) is 1. The van der Waals surface area contributed by atoms with E-state index in [9.17, 15) is 13.2 Å². The molecule has 1 aromatic rings. The Kier molecular flexibility index (Phi) is 4.91. The van der Waals surface area contributed by atoms with E-state index in [-0.39, 0.29) is 0 Å². The summed E-state index contributed by atoms with van der Waals surface area (Å²) < 4.78 is 42.8. The maximum Gasteiger partial charge on any atom is 0.416 e. The molecule has 1 atom stereocenters. The second-order valence-electron chi connectivity index (χ2n) is 5.29. The predicted molar refractivity (Wildman–Crippen MR) is 71.8 cm³/mol. The summed E-state index contributed by atoms with van der Waals surface area (Å²) in [5, 5.41) is 0. The average Bonchev–Trinajstić information content (AvgIpc) is 2.40. The molecule has 0 bridgehead atoms. The highest BCUT2D eigenvalue weighted by molar-refractivity contribution is 5.28. The van der Waals surface area contributed by atoms with E-state index in [4.69, 9.17) is 4.74 Å². The molecule has 0 radical (unpaired) electrons. The normalized spacial score (nSPS) is 20.9. The molecule has 0 aliphatic carbocycles. The summed E-state index contributed by atoms with van der Waals surface area (Å²) in [7, 11) is 2.11. The van der Waals surface area contributed by atoms with Crippen LogP contribution in [0.1, 0.15) is 31.2 Å². The third-order valence-corrected chi connectivity index (χ3v) is 3.82. The fraction of sp³-hybridized carbons (Fsp3) is 0.600. The number of benzene rings is 1. The van der Waals surface area contributed by atoms with Gasteiger partial charge in [0.25, 0.3) is 0 Å². The molecule has 1 heterocycles. The SMILES string of the molecule is CN1CCCCC1CCOc1ccc(C(F)(F)F)cc1. The number of likely N-dealkylation sites (tertiary alicyclic amines) is 1. The van der Waals surface area contributed by atoms with Crippen molar-refractivity contribution in [2.24, 2.45) is 0 Å². The van der Waals surface area contributed by atoms with Gasteiger partial charge in [-0.15, -0.1) is 0 Å². The Hall–Kier alpha value is -1.23. The Labute approximate surface area is 117 Å². The lowest BCUT2D eigenvalue weighted by Crippen LogP contribution is -2.37. The first-order valence-corrected chi connectivity index (χ1v) is 6.97. The molecule has 0 N–H and O–H groups in total. The topological polar surface area (TPSA) is 12.5 Å². The standard InChI is InChI=1S/C15H20F3NO/c1-19-10-3-2-4-13(19)9-11-20-14-7-5-12(6-8-14)15(16,17)18/h5-8,13H,2-4,9-11H2,1H3. The largest absolute Gasteiger partial charge is 0.494 e. The fourth-order valence-electron chi connectivity index (χ4n) is 2.56. The summed E-state index contributed by atoms with van der Waals surface area (Å²) in [6.07, 6.45) is 0.287. The first kappa shape index (κ1) is 15.2. The van der Waals surface area contributed by atoms with Gasteiger partial charge in [-0.05, 0) is 57.1 Å². The lowest BCUT2D eigenvalue weighted by molar-refractivity contribution is -0.137. The van der Waals surface area contributed by atoms with E-state index >= 15 is 0 Å². The van der Waals surface area contributed by atoms with Crippen molar-refractivity contribution in [1.29, 1.82) is 0 Å². The summed E-state index contributed by atoms with van der Waals surface area (Å²) >= 11 is 0. The third kappa shape index (κ3) is 4.13. The monoisotopic (exact) mass is 287 g/mol. The summed E-state index contributed by atoms with van der Waals surface area (Å²) in [6.45, 7) is 1.66. The van der Waals surface area contributed by atoms with Crippen molar-refractivity contribution in [2.75, 3.05) is 20.2 Å². The van der Waals surface area contributed by atoms with Crippen molar-refractivity contribution < 1.29 is 17.9 Å². The number of ether oxygens (including phenoxy) is 1. The average molecular weight is 287 g/mol. The molecular formula is C15H20F3NO. The maximum atomic E-state index is 12.4. The number of hydrogen-bond acceptors (Lipinski definition) is 2. The summed E-state index contributed by atoms with van der Waals surface area (Å²) in [5.41, 5.74) is -0.642. The van der Waals surface area contributed by atoms with Gasteiger partial charge in [-0.3, -0.25) is 0 Å². The molecule has 5 heteroatoms. The van der Waals surface area contributed by atoms with Gasteiger partial charge in [0.15, 0.2) is 0 Å². The first-order valence-electron chi connectivity index (χ1n) is 6.97. The van der Waals surface area contributed by atoms with Crippen LogP contribution in [0.15, 0.2) is 24.3 Å². The van der Waals surface area contributed by atoms with Crippen molar-refractivity contribution in [3.05, 3.63) is 29.8 Å². The van der Waals surface area contributed by atoms with Gasteiger partial charge in [0, 0.05) is 6.04 Å². The quantitative estimate of drug-likeness (QED) is 0.831. The van der Waals surface area contributed by atoms with Gasteiger partial charge in [0.1, 0.15) is 5.75 Å². The molecule has 112 valence electrons. The van der Waals surface area contributed by atoms with Crippen LogP contribution in [-0.2, 0) is 6.18 Å². The van der Waals surface area contributed by atoms with Crippen LogP contribution in [-0.4, -0.2) is 31.1 Å². The summed E-state index contributed by atoms with van der Waals surface area (Å²) in [5.74, 6) is 0.497. The van der Waals surface area contributed by atoms with E-state index < -0.39 is 11.7 Å². The van der Waals surface area contributed by atoms with Crippen LogP contribution in [0.4, 0.5) is 13.2 Å². The molecule has 1 unspecified atom stereocenters. The van der Waals surface area contributed by atoms with Crippen LogP contribution in [0, 0.1) is 0 Å². The molecule has 0 saturated carbocycles. The number of rotatable bonds is 4. The Balaban J connectivity index is 1.79. The van der Waals surface area contributed by atoms with Crippen molar-refractivity contribution in [3.8, 4) is 5.75 Å².